The molecule has 2 aromatic carbocycles. The maximum atomic E-state index is 14.8. The first-order valence-corrected chi connectivity index (χ1v) is 13.3. The predicted molar refractivity (Wildman–Crippen MR) is 133 cm³/mol. The van der Waals surface area contributed by atoms with Crippen molar-refractivity contribution < 1.29 is 22.1 Å². The molecule has 6 nitrogen and oxygen atoms in total. The summed E-state index contributed by atoms with van der Waals surface area (Å²) in [7, 11) is -1.92. The quantitative estimate of drug-likeness (QED) is 0.145. The van der Waals surface area contributed by atoms with Crippen molar-refractivity contribution in [1.82, 2.24) is 15.0 Å². The zero-order valence-corrected chi connectivity index (χ0v) is 21.2. The highest BCUT2D eigenvalue weighted by atomic mass is 79.9. The molecule has 2 heterocycles. The van der Waals surface area contributed by atoms with Gasteiger partial charge in [0.15, 0.2) is 22.5 Å². The van der Waals surface area contributed by atoms with Crippen molar-refractivity contribution in [3.8, 4) is 22.9 Å². The van der Waals surface area contributed by atoms with Crippen LogP contribution < -0.4 is 9.46 Å². The number of hydrogen-bond donors (Lipinski definition) is 1. The number of benzene rings is 2. The molecular weight excluding hydrogens is 565 g/mol. The van der Waals surface area contributed by atoms with E-state index in [1.54, 1.807) is 48.7 Å². The van der Waals surface area contributed by atoms with Crippen LogP contribution in [0.1, 0.15) is 5.56 Å². The summed E-state index contributed by atoms with van der Waals surface area (Å²) in [6, 6.07) is 12.4. The smallest absolute Gasteiger partial charge is 0.228 e. The van der Waals surface area contributed by atoms with E-state index in [4.69, 9.17) is 4.74 Å². The highest BCUT2D eigenvalue weighted by Crippen LogP contribution is 2.35. The highest BCUT2D eigenvalue weighted by molar-refractivity contribution is 9.10. The van der Waals surface area contributed by atoms with Crippen LogP contribution in [0.3, 0.4) is 0 Å². The molecule has 0 saturated carbocycles. The lowest BCUT2D eigenvalue weighted by molar-refractivity contribution is 0.401. The van der Waals surface area contributed by atoms with Gasteiger partial charge in [0, 0.05) is 22.9 Å². The fourth-order valence-corrected chi connectivity index (χ4v) is 4.59. The Kier molecular flexibility index (Phi) is 8.04. The van der Waals surface area contributed by atoms with Gasteiger partial charge in [0.25, 0.3) is 0 Å². The number of anilines is 1. The molecule has 0 aliphatic rings. The van der Waals surface area contributed by atoms with Crippen molar-refractivity contribution in [2.24, 2.45) is 0 Å². The molecule has 0 bridgehead atoms. The van der Waals surface area contributed by atoms with E-state index in [0.29, 0.717) is 28.0 Å². The van der Waals surface area contributed by atoms with Gasteiger partial charge in [-0.05, 0) is 42.2 Å². The van der Waals surface area contributed by atoms with Gasteiger partial charge in [0.1, 0.15) is 16.7 Å². The number of nitrogens with one attached hydrogen (secondary N) is 1. The van der Waals surface area contributed by atoms with E-state index in [1.807, 2.05) is 6.26 Å². The van der Waals surface area contributed by atoms with Crippen LogP contribution in [0.15, 0.2) is 70.6 Å². The molecule has 0 saturated heterocycles. The molecule has 0 aliphatic carbocycles. The van der Waals surface area contributed by atoms with Crippen molar-refractivity contribution in [3.63, 3.8) is 0 Å². The Balaban J connectivity index is 1.59. The number of aromatic nitrogens is 3. The summed E-state index contributed by atoms with van der Waals surface area (Å²) in [6.45, 7) is 0. The number of rotatable bonds is 8. The molecule has 1 N–H and O–H groups in total. The minimum Gasteiger partial charge on any atom is -0.435 e. The Morgan fingerprint density at radius 3 is 2.57 bits per heavy atom. The van der Waals surface area contributed by atoms with E-state index >= 15 is 0 Å². The zero-order chi connectivity index (χ0) is 24.9. The lowest BCUT2D eigenvalue weighted by Gasteiger charge is -2.14. The first kappa shape index (κ1) is 25.1. The van der Waals surface area contributed by atoms with E-state index in [2.05, 4.69) is 35.6 Å². The second-order valence-electron chi connectivity index (χ2n) is 6.96. The SMILES string of the molecule is CSc1nccc(-c2cccnc2Oc2cc(F)c(NS(=O)Cc3ccc(Br)cc3)c(F)c2F)n1. The van der Waals surface area contributed by atoms with Crippen LogP contribution >= 0.6 is 27.7 Å². The molecular formula is C23H16BrF3N4O2S2. The molecule has 0 spiro atoms. The van der Waals surface area contributed by atoms with Gasteiger partial charge in [-0.15, -0.1) is 0 Å². The maximum Gasteiger partial charge on any atom is 0.228 e. The summed E-state index contributed by atoms with van der Waals surface area (Å²) in [5, 5.41) is 0.493. The summed E-state index contributed by atoms with van der Waals surface area (Å²) in [5.74, 6) is -5.06. The fraction of sp³-hybridized carbons (Fsp3) is 0.0870. The van der Waals surface area contributed by atoms with Gasteiger partial charge in [-0.3, -0.25) is 4.72 Å². The summed E-state index contributed by atoms with van der Waals surface area (Å²) in [5.41, 5.74) is 0.628. The van der Waals surface area contributed by atoms with Crippen molar-refractivity contribution in [2.45, 2.75) is 10.9 Å². The third kappa shape index (κ3) is 6.00. The second-order valence-corrected chi connectivity index (χ2v) is 9.84. The van der Waals surface area contributed by atoms with Crippen molar-refractivity contribution in [3.05, 3.63) is 88.4 Å². The van der Waals surface area contributed by atoms with E-state index in [9.17, 15) is 17.4 Å². The number of halogens is 4. The average molecular weight is 581 g/mol. The Hall–Kier alpha value is -2.96. The standard InChI is InChI=1S/C23H16BrF3N4O2S2/c1-34-23-29-10-8-17(30-23)15-3-2-9-28-22(15)33-18-11-16(25)21(20(27)19(18)26)31-35(32)12-13-4-6-14(24)7-5-13/h2-11,31H,12H2,1H3. The number of ether oxygens (including phenoxy) is 1. The Bertz CT molecular complexity index is 1390. The van der Waals surface area contributed by atoms with Crippen LogP contribution in [0.4, 0.5) is 18.9 Å². The third-order valence-electron chi connectivity index (χ3n) is 4.62. The van der Waals surface area contributed by atoms with E-state index in [-0.39, 0.29) is 11.6 Å². The summed E-state index contributed by atoms with van der Waals surface area (Å²) < 4.78 is 65.2. The van der Waals surface area contributed by atoms with Crippen LogP contribution in [0.2, 0.25) is 0 Å². The largest absolute Gasteiger partial charge is 0.435 e. The van der Waals surface area contributed by atoms with Gasteiger partial charge in [0.05, 0.1) is 17.0 Å². The van der Waals surface area contributed by atoms with Gasteiger partial charge >= 0.3 is 0 Å². The normalized spacial score (nSPS) is 11.8. The van der Waals surface area contributed by atoms with Gasteiger partial charge < -0.3 is 4.74 Å². The zero-order valence-electron chi connectivity index (χ0n) is 18.0. The molecule has 35 heavy (non-hydrogen) atoms. The van der Waals surface area contributed by atoms with Gasteiger partial charge in [-0.25, -0.2) is 27.9 Å². The van der Waals surface area contributed by atoms with Gasteiger partial charge in [0.2, 0.25) is 11.7 Å². The number of hydrogen-bond acceptors (Lipinski definition) is 6. The first-order chi connectivity index (χ1) is 16.9. The van der Waals surface area contributed by atoms with Gasteiger partial charge in [-0.2, -0.15) is 4.39 Å². The molecule has 180 valence electrons. The van der Waals surface area contributed by atoms with Crippen LogP contribution in [0.25, 0.3) is 11.3 Å². The van der Waals surface area contributed by atoms with E-state index in [1.165, 1.54) is 18.0 Å². The Labute approximate surface area is 214 Å². The van der Waals surface area contributed by atoms with Crippen LogP contribution in [0, 0.1) is 17.5 Å². The average Bonchev–Trinajstić information content (AvgIpc) is 2.87. The predicted octanol–water partition coefficient (Wildman–Crippen LogP) is 6.51. The molecule has 0 aliphatic heterocycles. The monoisotopic (exact) mass is 580 g/mol. The molecule has 1 atom stereocenters. The van der Waals surface area contributed by atoms with E-state index in [0.717, 1.165) is 4.47 Å². The maximum absolute atomic E-state index is 14.8. The summed E-state index contributed by atoms with van der Waals surface area (Å²) in [6.07, 6.45) is 4.74. The number of nitrogens with zero attached hydrogens (tertiary/aromatic N) is 3. The number of thioether (sulfide) groups is 1. The molecule has 1 unspecified atom stereocenters. The van der Waals surface area contributed by atoms with Crippen LogP contribution in [-0.2, 0) is 16.7 Å². The first-order valence-electron chi connectivity index (χ1n) is 9.93. The highest BCUT2D eigenvalue weighted by Gasteiger charge is 2.23. The van der Waals surface area contributed by atoms with Gasteiger partial charge in [-0.1, -0.05) is 39.8 Å². The molecule has 0 radical (unpaired) electrons. The molecule has 4 rings (SSSR count). The topological polar surface area (TPSA) is 77.0 Å². The van der Waals surface area contributed by atoms with Crippen molar-refractivity contribution in [1.29, 1.82) is 0 Å². The van der Waals surface area contributed by atoms with Crippen LogP contribution in [0.5, 0.6) is 11.6 Å². The fourth-order valence-electron chi connectivity index (χ4n) is 2.98. The second kappa shape index (κ2) is 11.2. The minimum absolute atomic E-state index is 0.0414. The third-order valence-corrected chi connectivity index (χ3v) is 6.74. The Morgan fingerprint density at radius 2 is 1.83 bits per heavy atom. The Morgan fingerprint density at radius 1 is 1.06 bits per heavy atom. The summed E-state index contributed by atoms with van der Waals surface area (Å²) >= 11 is 4.62. The molecule has 12 heteroatoms. The molecule has 0 amide bonds. The van der Waals surface area contributed by atoms with Crippen LogP contribution in [-0.4, -0.2) is 25.4 Å². The summed E-state index contributed by atoms with van der Waals surface area (Å²) in [4.78, 5) is 12.5. The van der Waals surface area contributed by atoms with E-state index < -0.39 is 39.9 Å². The number of pyridine rings is 1. The molecule has 0 fully saturated rings. The van der Waals surface area contributed by atoms with Crippen molar-refractivity contribution in [2.75, 3.05) is 11.0 Å². The lowest BCUT2D eigenvalue weighted by atomic mass is 10.2. The molecule has 4 aromatic rings. The molecule has 2 aromatic heterocycles. The lowest BCUT2D eigenvalue weighted by Crippen LogP contribution is -2.11. The van der Waals surface area contributed by atoms with Crippen molar-refractivity contribution >= 4 is 44.4 Å². The minimum atomic E-state index is -1.92.